The number of fused-ring (bicyclic) bond motifs is 4. The molecule has 2 heteroatoms. The SMILES string of the molecule is c1ccc(-n2c3ccccc3c3cc(-c4ccc(-c5ccc(-c6ccc(Nc7ccc8ccccc8c7)cc6)cc5)cc4)ccc32)cc1. The van der Waals surface area contributed by atoms with Crippen molar-refractivity contribution in [1.29, 1.82) is 0 Å². The van der Waals surface area contributed by atoms with Crippen molar-refractivity contribution >= 4 is 44.0 Å². The van der Waals surface area contributed by atoms with Crippen LogP contribution in [0.1, 0.15) is 0 Å². The molecule has 0 bridgehead atoms. The van der Waals surface area contributed by atoms with E-state index in [1.807, 2.05) is 0 Å². The van der Waals surface area contributed by atoms with Crippen LogP contribution >= 0.6 is 0 Å². The Kier molecular flexibility index (Phi) is 6.84. The molecule has 0 saturated carbocycles. The van der Waals surface area contributed by atoms with E-state index in [1.165, 1.54) is 71.6 Å². The molecule has 0 saturated heterocycles. The van der Waals surface area contributed by atoms with Crippen molar-refractivity contribution in [3.8, 4) is 39.1 Å². The van der Waals surface area contributed by atoms with E-state index in [1.54, 1.807) is 0 Å². The number of hydrogen-bond donors (Lipinski definition) is 1. The van der Waals surface area contributed by atoms with Gasteiger partial charge >= 0.3 is 0 Å². The maximum atomic E-state index is 3.54. The third kappa shape index (κ3) is 5.10. The van der Waals surface area contributed by atoms with Crippen LogP contribution < -0.4 is 5.32 Å². The summed E-state index contributed by atoms with van der Waals surface area (Å²) in [7, 11) is 0. The Hall–Kier alpha value is -6.38. The summed E-state index contributed by atoms with van der Waals surface area (Å²) in [6.07, 6.45) is 0. The summed E-state index contributed by atoms with van der Waals surface area (Å²) in [5, 5.41) is 8.57. The molecule has 9 aromatic rings. The van der Waals surface area contributed by atoms with Crippen molar-refractivity contribution in [1.82, 2.24) is 4.57 Å². The van der Waals surface area contributed by atoms with E-state index < -0.39 is 0 Å². The van der Waals surface area contributed by atoms with E-state index in [0.717, 1.165) is 11.4 Å². The van der Waals surface area contributed by atoms with E-state index in [4.69, 9.17) is 0 Å². The molecule has 1 N–H and O–H groups in total. The summed E-state index contributed by atoms with van der Waals surface area (Å²) in [6.45, 7) is 0. The van der Waals surface area contributed by atoms with E-state index in [-0.39, 0.29) is 0 Å². The normalized spacial score (nSPS) is 11.3. The first-order valence-electron chi connectivity index (χ1n) is 16.4. The van der Waals surface area contributed by atoms with Crippen molar-refractivity contribution in [3.05, 3.63) is 188 Å². The van der Waals surface area contributed by atoms with Crippen LogP contribution in [0.3, 0.4) is 0 Å². The van der Waals surface area contributed by atoms with E-state index in [0.29, 0.717) is 0 Å². The van der Waals surface area contributed by atoms with Crippen molar-refractivity contribution < 1.29 is 0 Å². The molecular weight excluding hydrogens is 581 g/mol. The highest BCUT2D eigenvalue weighted by atomic mass is 15.0. The first-order chi connectivity index (χ1) is 23.8. The van der Waals surface area contributed by atoms with Gasteiger partial charge in [0.1, 0.15) is 0 Å². The smallest absolute Gasteiger partial charge is 0.0541 e. The standard InChI is InChI=1S/C46H32N2/c1-2-10-42(11-3-1)48-45-13-7-6-12-43(45)44-31-39(25-29-46(44)48)37-20-18-34(19-21-37)33-14-16-35(17-15-33)36-22-26-40(27-23-36)47-41-28-24-32-8-4-5-9-38(32)30-41/h1-31,47H. The fourth-order valence-electron chi connectivity index (χ4n) is 6.90. The van der Waals surface area contributed by atoms with Crippen LogP contribution in [-0.2, 0) is 0 Å². The first-order valence-corrected chi connectivity index (χ1v) is 16.4. The van der Waals surface area contributed by atoms with Gasteiger partial charge in [0.05, 0.1) is 11.0 Å². The third-order valence-corrected chi connectivity index (χ3v) is 9.38. The number of para-hydroxylation sites is 2. The lowest BCUT2D eigenvalue weighted by Gasteiger charge is -2.10. The molecule has 2 nitrogen and oxygen atoms in total. The van der Waals surface area contributed by atoms with Gasteiger partial charge in [0.2, 0.25) is 0 Å². The summed E-state index contributed by atoms with van der Waals surface area (Å²) < 4.78 is 2.36. The minimum atomic E-state index is 1.08. The van der Waals surface area contributed by atoms with Crippen LogP contribution in [-0.4, -0.2) is 4.57 Å². The monoisotopic (exact) mass is 612 g/mol. The highest BCUT2D eigenvalue weighted by Crippen LogP contribution is 2.35. The maximum absolute atomic E-state index is 3.54. The summed E-state index contributed by atoms with van der Waals surface area (Å²) in [6, 6.07) is 67.5. The number of nitrogens with zero attached hydrogens (tertiary/aromatic N) is 1. The molecule has 9 rings (SSSR count). The van der Waals surface area contributed by atoms with Crippen LogP contribution in [0.25, 0.3) is 71.6 Å². The second kappa shape index (κ2) is 11.8. The lowest BCUT2D eigenvalue weighted by molar-refractivity contribution is 1.18. The average Bonchev–Trinajstić information content (AvgIpc) is 3.49. The second-order valence-corrected chi connectivity index (χ2v) is 12.3. The van der Waals surface area contributed by atoms with Gasteiger partial charge < -0.3 is 9.88 Å². The van der Waals surface area contributed by atoms with Gasteiger partial charge in [0, 0.05) is 27.8 Å². The number of rotatable bonds is 6. The molecule has 226 valence electrons. The van der Waals surface area contributed by atoms with Crippen molar-refractivity contribution in [2.75, 3.05) is 5.32 Å². The molecule has 0 unspecified atom stereocenters. The molecule has 48 heavy (non-hydrogen) atoms. The highest BCUT2D eigenvalue weighted by molar-refractivity contribution is 6.10. The molecule has 0 aliphatic rings. The highest BCUT2D eigenvalue weighted by Gasteiger charge is 2.13. The fraction of sp³-hybridized carbons (Fsp3) is 0. The summed E-state index contributed by atoms with van der Waals surface area (Å²) in [5.41, 5.74) is 13.0. The molecule has 0 aliphatic heterocycles. The van der Waals surface area contributed by atoms with Gasteiger partial charge in [-0.2, -0.15) is 0 Å². The average molecular weight is 613 g/mol. The summed E-state index contributed by atoms with van der Waals surface area (Å²) in [4.78, 5) is 0. The van der Waals surface area contributed by atoms with Crippen LogP contribution in [0.4, 0.5) is 11.4 Å². The Morgan fingerprint density at radius 3 is 1.50 bits per heavy atom. The Bertz CT molecular complexity index is 2540. The largest absolute Gasteiger partial charge is 0.356 e. The summed E-state index contributed by atoms with van der Waals surface area (Å²) in [5.74, 6) is 0. The number of benzene rings is 8. The molecule has 1 aromatic heterocycles. The lowest BCUT2D eigenvalue weighted by atomic mass is 9.97. The quantitative estimate of drug-likeness (QED) is 0.198. The molecule has 0 radical (unpaired) electrons. The molecule has 0 spiro atoms. The van der Waals surface area contributed by atoms with Crippen LogP contribution in [0.2, 0.25) is 0 Å². The molecule has 0 aliphatic carbocycles. The summed E-state index contributed by atoms with van der Waals surface area (Å²) >= 11 is 0. The maximum Gasteiger partial charge on any atom is 0.0541 e. The fourth-order valence-corrected chi connectivity index (χ4v) is 6.90. The van der Waals surface area contributed by atoms with Crippen LogP contribution in [0, 0.1) is 0 Å². The van der Waals surface area contributed by atoms with Gasteiger partial charge in [-0.1, -0.05) is 133 Å². The number of nitrogens with one attached hydrogen (secondary N) is 1. The van der Waals surface area contributed by atoms with Crippen molar-refractivity contribution in [3.63, 3.8) is 0 Å². The van der Waals surface area contributed by atoms with Gasteiger partial charge in [0.15, 0.2) is 0 Å². The first kappa shape index (κ1) is 27.9. The topological polar surface area (TPSA) is 17.0 Å². The number of aromatic nitrogens is 1. The minimum absolute atomic E-state index is 1.08. The Morgan fingerprint density at radius 2 is 0.812 bits per heavy atom. The Morgan fingerprint density at radius 1 is 0.312 bits per heavy atom. The van der Waals surface area contributed by atoms with Gasteiger partial charge in [-0.25, -0.2) is 0 Å². The number of anilines is 2. The predicted octanol–water partition coefficient (Wildman–Crippen LogP) is 12.7. The van der Waals surface area contributed by atoms with Gasteiger partial charge in [-0.05, 0) is 98.8 Å². The molecule has 0 amide bonds. The molecule has 1 heterocycles. The molecular formula is C46H32N2. The minimum Gasteiger partial charge on any atom is -0.356 e. The second-order valence-electron chi connectivity index (χ2n) is 12.3. The Balaban J connectivity index is 0.940. The zero-order valence-corrected chi connectivity index (χ0v) is 26.3. The van der Waals surface area contributed by atoms with Crippen LogP contribution in [0.5, 0.6) is 0 Å². The van der Waals surface area contributed by atoms with Gasteiger partial charge in [0.25, 0.3) is 0 Å². The lowest BCUT2D eigenvalue weighted by Crippen LogP contribution is -1.92. The molecule has 0 fully saturated rings. The van der Waals surface area contributed by atoms with Crippen LogP contribution in [0.15, 0.2) is 188 Å². The van der Waals surface area contributed by atoms with E-state index in [2.05, 4.69) is 198 Å². The third-order valence-electron chi connectivity index (χ3n) is 9.38. The van der Waals surface area contributed by atoms with Gasteiger partial charge in [-0.15, -0.1) is 0 Å². The zero-order chi connectivity index (χ0) is 31.9. The van der Waals surface area contributed by atoms with Crippen molar-refractivity contribution in [2.45, 2.75) is 0 Å². The Labute approximate surface area is 280 Å². The van der Waals surface area contributed by atoms with E-state index >= 15 is 0 Å². The molecule has 8 aromatic carbocycles. The zero-order valence-electron chi connectivity index (χ0n) is 26.3. The number of hydrogen-bond acceptors (Lipinski definition) is 1. The van der Waals surface area contributed by atoms with E-state index in [9.17, 15) is 0 Å². The predicted molar refractivity (Wildman–Crippen MR) is 204 cm³/mol. The van der Waals surface area contributed by atoms with Crippen molar-refractivity contribution in [2.24, 2.45) is 0 Å². The molecule has 0 atom stereocenters. The van der Waals surface area contributed by atoms with Gasteiger partial charge in [-0.3, -0.25) is 0 Å².